The van der Waals surface area contributed by atoms with Crippen molar-refractivity contribution in [1.29, 1.82) is 0 Å². The van der Waals surface area contributed by atoms with Crippen LogP contribution in [0.4, 0.5) is 0 Å². The number of halogens is 1. The van der Waals surface area contributed by atoms with E-state index < -0.39 is 5.41 Å². The van der Waals surface area contributed by atoms with Crippen molar-refractivity contribution < 1.29 is 9.53 Å². The predicted molar refractivity (Wildman–Crippen MR) is 62.0 cm³/mol. The number of hydrogen-bond donors (Lipinski definition) is 0. The second-order valence-electron chi connectivity index (χ2n) is 4.88. The van der Waals surface area contributed by atoms with E-state index in [-0.39, 0.29) is 11.2 Å². The SMILES string of the molecule is COCC(C(=O)Cl)(C(C)C)C1CCCC1. The molecule has 1 fully saturated rings. The largest absolute Gasteiger partial charge is 0.384 e. The fraction of sp³-hybridized carbons (Fsp3) is 0.917. The standard InChI is InChI=1S/C12H21ClO2/c1-9(2)12(8-15-3,11(13)14)10-6-4-5-7-10/h9-10H,4-8H2,1-3H3. The lowest BCUT2D eigenvalue weighted by Crippen LogP contribution is -2.44. The van der Waals surface area contributed by atoms with Crippen LogP contribution in [0.1, 0.15) is 39.5 Å². The van der Waals surface area contributed by atoms with Crippen molar-refractivity contribution in [2.24, 2.45) is 17.3 Å². The first-order valence-electron chi connectivity index (χ1n) is 5.74. The summed E-state index contributed by atoms with van der Waals surface area (Å²) in [5.41, 5.74) is -0.465. The molecule has 2 nitrogen and oxygen atoms in total. The molecule has 0 saturated heterocycles. The quantitative estimate of drug-likeness (QED) is 0.681. The van der Waals surface area contributed by atoms with Crippen molar-refractivity contribution in [2.75, 3.05) is 13.7 Å². The molecule has 0 radical (unpaired) electrons. The topological polar surface area (TPSA) is 26.3 Å². The first-order valence-corrected chi connectivity index (χ1v) is 6.12. The van der Waals surface area contributed by atoms with Gasteiger partial charge >= 0.3 is 0 Å². The lowest BCUT2D eigenvalue weighted by atomic mass is 9.68. The highest BCUT2D eigenvalue weighted by molar-refractivity contribution is 6.64. The molecule has 3 heteroatoms. The Kier molecular flexibility index (Phi) is 4.60. The summed E-state index contributed by atoms with van der Waals surface area (Å²) in [5.74, 6) is 0.646. The van der Waals surface area contributed by atoms with Crippen LogP contribution in [0.3, 0.4) is 0 Å². The lowest BCUT2D eigenvalue weighted by Gasteiger charge is -2.38. The van der Waals surface area contributed by atoms with Gasteiger partial charge in [0.2, 0.25) is 5.24 Å². The molecule has 1 aliphatic rings. The Balaban J connectivity index is 2.94. The summed E-state index contributed by atoms with van der Waals surface area (Å²) in [6.45, 7) is 4.59. The van der Waals surface area contributed by atoms with Crippen molar-refractivity contribution in [3.05, 3.63) is 0 Å². The first kappa shape index (κ1) is 13.0. The monoisotopic (exact) mass is 232 g/mol. The van der Waals surface area contributed by atoms with Crippen molar-refractivity contribution in [3.63, 3.8) is 0 Å². The highest BCUT2D eigenvalue weighted by Crippen LogP contribution is 2.46. The Morgan fingerprint density at radius 1 is 1.47 bits per heavy atom. The molecule has 15 heavy (non-hydrogen) atoms. The molecule has 0 N–H and O–H groups in total. The molecule has 0 bridgehead atoms. The second-order valence-corrected chi connectivity index (χ2v) is 5.23. The van der Waals surface area contributed by atoms with Crippen LogP contribution < -0.4 is 0 Å². The van der Waals surface area contributed by atoms with Gasteiger partial charge < -0.3 is 4.74 Å². The maximum absolute atomic E-state index is 11.8. The number of methoxy groups -OCH3 is 1. The highest BCUT2D eigenvalue weighted by Gasteiger charge is 2.48. The van der Waals surface area contributed by atoms with Crippen LogP contribution in [0, 0.1) is 17.3 Å². The fourth-order valence-electron chi connectivity index (χ4n) is 2.88. The van der Waals surface area contributed by atoms with Gasteiger partial charge in [-0.25, -0.2) is 0 Å². The summed E-state index contributed by atoms with van der Waals surface area (Å²) in [6, 6.07) is 0. The molecule has 1 rings (SSSR count). The van der Waals surface area contributed by atoms with Gasteiger partial charge in [-0.1, -0.05) is 26.7 Å². The second kappa shape index (κ2) is 5.31. The minimum absolute atomic E-state index is 0.216. The molecule has 0 aliphatic heterocycles. The number of rotatable bonds is 5. The molecule has 1 saturated carbocycles. The van der Waals surface area contributed by atoms with Crippen molar-refractivity contribution in [3.8, 4) is 0 Å². The number of ether oxygens (including phenoxy) is 1. The summed E-state index contributed by atoms with van der Waals surface area (Å²) in [4.78, 5) is 11.8. The maximum Gasteiger partial charge on any atom is 0.230 e. The van der Waals surface area contributed by atoms with E-state index in [1.54, 1.807) is 7.11 Å². The number of carbonyl (C=O) groups excluding carboxylic acids is 1. The summed E-state index contributed by atoms with van der Waals surface area (Å²) < 4.78 is 5.24. The predicted octanol–water partition coefficient (Wildman–Crippen LogP) is 3.23. The summed E-state index contributed by atoms with van der Waals surface area (Å²) in [5, 5.41) is -0.216. The Hall–Kier alpha value is -0.0800. The number of carbonyl (C=O) groups is 1. The molecule has 0 amide bonds. The Bertz CT molecular complexity index is 222. The van der Waals surface area contributed by atoms with Gasteiger partial charge in [0.05, 0.1) is 12.0 Å². The minimum Gasteiger partial charge on any atom is -0.384 e. The van der Waals surface area contributed by atoms with E-state index in [1.807, 2.05) is 0 Å². The van der Waals surface area contributed by atoms with E-state index in [4.69, 9.17) is 16.3 Å². The molecule has 0 aromatic rings. The minimum atomic E-state index is -0.465. The van der Waals surface area contributed by atoms with Gasteiger partial charge in [0.1, 0.15) is 0 Å². The van der Waals surface area contributed by atoms with E-state index in [0.717, 1.165) is 12.8 Å². The average Bonchev–Trinajstić information content (AvgIpc) is 2.65. The van der Waals surface area contributed by atoms with Crippen LogP contribution in [-0.4, -0.2) is 19.0 Å². The van der Waals surface area contributed by atoms with E-state index in [0.29, 0.717) is 12.5 Å². The van der Waals surface area contributed by atoms with Crippen LogP contribution in [0.15, 0.2) is 0 Å². The molecule has 1 atom stereocenters. The Morgan fingerprint density at radius 3 is 2.33 bits per heavy atom. The van der Waals surface area contributed by atoms with E-state index in [2.05, 4.69) is 13.8 Å². The van der Waals surface area contributed by atoms with Crippen molar-refractivity contribution in [2.45, 2.75) is 39.5 Å². The highest BCUT2D eigenvalue weighted by atomic mass is 35.5. The summed E-state index contributed by atoms with van der Waals surface area (Å²) in [7, 11) is 1.64. The molecule has 0 spiro atoms. The van der Waals surface area contributed by atoms with Crippen LogP contribution in [0.25, 0.3) is 0 Å². The Morgan fingerprint density at radius 2 is 2.00 bits per heavy atom. The molecule has 0 aromatic heterocycles. The lowest BCUT2D eigenvalue weighted by molar-refractivity contribution is -0.131. The van der Waals surface area contributed by atoms with Crippen molar-refractivity contribution >= 4 is 16.8 Å². The summed E-state index contributed by atoms with van der Waals surface area (Å²) >= 11 is 5.84. The van der Waals surface area contributed by atoms with Gasteiger partial charge in [0, 0.05) is 7.11 Å². The third-order valence-electron chi connectivity index (χ3n) is 3.86. The zero-order valence-corrected chi connectivity index (χ0v) is 10.6. The third kappa shape index (κ3) is 2.36. The smallest absolute Gasteiger partial charge is 0.230 e. The van der Waals surface area contributed by atoms with Crippen LogP contribution in [0.2, 0.25) is 0 Å². The molecule has 1 aliphatic carbocycles. The molecule has 1 unspecified atom stereocenters. The van der Waals surface area contributed by atoms with Gasteiger partial charge in [0.25, 0.3) is 0 Å². The Labute approximate surface area is 97.3 Å². The summed E-state index contributed by atoms with van der Waals surface area (Å²) in [6.07, 6.45) is 4.65. The molecule has 0 heterocycles. The normalized spacial score (nSPS) is 21.9. The zero-order valence-electron chi connectivity index (χ0n) is 9.88. The molecule has 0 aromatic carbocycles. The average molecular weight is 233 g/mol. The molecular formula is C12H21ClO2. The van der Waals surface area contributed by atoms with Gasteiger partial charge in [0.15, 0.2) is 0 Å². The zero-order chi connectivity index (χ0) is 11.5. The van der Waals surface area contributed by atoms with E-state index in [1.165, 1.54) is 12.8 Å². The van der Waals surface area contributed by atoms with Gasteiger partial charge in [-0.2, -0.15) is 0 Å². The number of hydrogen-bond acceptors (Lipinski definition) is 2. The first-order chi connectivity index (χ1) is 7.05. The van der Waals surface area contributed by atoms with Crippen LogP contribution in [0.5, 0.6) is 0 Å². The van der Waals surface area contributed by atoms with Crippen LogP contribution in [-0.2, 0) is 9.53 Å². The fourth-order valence-corrected chi connectivity index (χ4v) is 3.31. The van der Waals surface area contributed by atoms with Gasteiger partial charge in [-0.3, -0.25) is 4.79 Å². The molecule has 88 valence electrons. The van der Waals surface area contributed by atoms with Crippen LogP contribution >= 0.6 is 11.6 Å². The van der Waals surface area contributed by atoms with E-state index in [9.17, 15) is 4.79 Å². The maximum atomic E-state index is 11.8. The molecular weight excluding hydrogens is 212 g/mol. The van der Waals surface area contributed by atoms with Gasteiger partial charge in [-0.05, 0) is 36.3 Å². The van der Waals surface area contributed by atoms with E-state index >= 15 is 0 Å². The third-order valence-corrected chi connectivity index (χ3v) is 4.21. The van der Waals surface area contributed by atoms with Gasteiger partial charge in [-0.15, -0.1) is 0 Å². The van der Waals surface area contributed by atoms with Crippen molar-refractivity contribution in [1.82, 2.24) is 0 Å².